The van der Waals surface area contributed by atoms with Crippen LogP contribution in [0.2, 0.25) is 0 Å². The third kappa shape index (κ3) is 7.58. The number of imide groups is 1. The van der Waals surface area contributed by atoms with Gasteiger partial charge < -0.3 is 5.11 Å². The third-order valence-electron chi connectivity index (χ3n) is 2.16. The first-order valence-electron chi connectivity index (χ1n) is 5.09. The fourth-order valence-corrected chi connectivity index (χ4v) is 1.26. The van der Waals surface area contributed by atoms with Crippen molar-refractivity contribution in [2.75, 3.05) is 0 Å². The van der Waals surface area contributed by atoms with Crippen molar-refractivity contribution in [1.82, 2.24) is 5.32 Å². The maximum Gasteiger partial charge on any atom is 0.411 e. The lowest BCUT2D eigenvalue weighted by Gasteiger charge is -2.09. The number of hydrogen-bond donors (Lipinski definition) is 2. The highest BCUT2D eigenvalue weighted by Crippen LogP contribution is 2.13. The van der Waals surface area contributed by atoms with E-state index >= 15 is 0 Å². The van der Waals surface area contributed by atoms with Crippen molar-refractivity contribution in [2.45, 2.75) is 46.0 Å². The van der Waals surface area contributed by atoms with Crippen LogP contribution in [0.15, 0.2) is 0 Å². The van der Waals surface area contributed by atoms with Crippen LogP contribution in [0, 0.1) is 5.92 Å². The van der Waals surface area contributed by atoms with Crippen LogP contribution in [-0.4, -0.2) is 17.1 Å². The summed E-state index contributed by atoms with van der Waals surface area (Å²) in [5, 5.41) is 10.1. The first-order chi connectivity index (χ1) is 6.56. The van der Waals surface area contributed by atoms with E-state index < -0.39 is 12.0 Å². The molecule has 2 N–H and O–H groups in total. The molecule has 0 saturated heterocycles. The molecule has 0 aliphatic carbocycles. The molecule has 0 saturated carbocycles. The van der Waals surface area contributed by atoms with Crippen LogP contribution in [0.5, 0.6) is 0 Å². The molecule has 0 aliphatic rings. The SMILES string of the molecule is CCCC[C@H](C)CCC(=O)NC(=O)O. The molecule has 1 atom stereocenters. The minimum atomic E-state index is -1.27. The number of carbonyl (C=O) groups is 2. The average Bonchev–Trinajstić information content (AvgIpc) is 2.10. The Morgan fingerprint density at radius 2 is 2.00 bits per heavy atom. The summed E-state index contributed by atoms with van der Waals surface area (Å²) in [5.74, 6) is 0.0929. The molecule has 14 heavy (non-hydrogen) atoms. The molecule has 0 radical (unpaired) electrons. The van der Waals surface area contributed by atoms with Crippen molar-refractivity contribution < 1.29 is 14.7 Å². The average molecular weight is 201 g/mol. The van der Waals surface area contributed by atoms with E-state index in [4.69, 9.17) is 5.11 Å². The second kappa shape index (κ2) is 7.35. The van der Waals surface area contributed by atoms with Crippen molar-refractivity contribution >= 4 is 12.0 Å². The number of amides is 2. The summed E-state index contributed by atoms with van der Waals surface area (Å²) >= 11 is 0. The first-order valence-corrected chi connectivity index (χ1v) is 5.09. The highest BCUT2D eigenvalue weighted by atomic mass is 16.4. The van der Waals surface area contributed by atoms with E-state index in [0.717, 1.165) is 19.3 Å². The van der Waals surface area contributed by atoms with Crippen molar-refractivity contribution in [3.05, 3.63) is 0 Å². The molecule has 0 aromatic heterocycles. The van der Waals surface area contributed by atoms with E-state index in [9.17, 15) is 9.59 Å². The number of rotatable bonds is 6. The number of nitrogens with one attached hydrogen (secondary N) is 1. The standard InChI is InChI=1S/C10H19NO3/c1-3-4-5-8(2)6-7-9(12)11-10(13)14/h8H,3-7H2,1-2H3,(H,11,12)(H,13,14)/t8-/m0/s1. The second-order valence-corrected chi connectivity index (χ2v) is 3.64. The Morgan fingerprint density at radius 3 is 2.50 bits per heavy atom. The van der Waals surface area contributed by atoms with Gasteiger partial charge in [0.05, 0.1) is 0 Å². The molecule has 0 heterocycles. The summed E-state index contributed by atoms with van der Waals surface area (Å²) < 4.78 is 0. The summed E-state index contributed by atoms with van der Waals surface area (Å²) in [4.78, 5) is 21.0. The monoisotopic (exact) mass is 201 g/mol. The van der Waals surface area contributed by atoms with Gasteiger partial charge in [-0.05, 0) is 12.3 Å². The van der Waals surface area contributed by atoms with E-state index in [-0.39, 0.29) is 0 Å². The fraction of sp³-hybridized carbons (Fsp3) is 0.800. The minimum absolute atomic E-state index is 0.303. The second-order valence-electron chi connectivity index (χ2n) is 3.64. The topological polar surface area (TPSA) is 66.4 Å². The lowest BCUT2D eigenvalue weighted by atomic mass is 9.99. The van der Waals surface area contributed by atoms with Crippen LogP contribution in [0.4, 0.5) is 4.79 Å². The highest BCUT2D eigenvalue weighted by Gasteiger charge is 2.08. The predicted molar refractivity (Wildman–Crippen MR) is 54.1 cm³/mol. The van der Waals surface area contributed by atoms with Crippen molar-refractivity contribution in [1.29, 1.82) is 0 Å². The molecular formula is C10H19NO3. The van der Waals surface area contributed by atoms with Crippen LogP contribution in [0.25, 0.3) is 0 Å². The quantitative estimate of drug-likeness (QED) is 0.693. The van der Waals surface area contributed by atoms with Gasteiger partial charge in [0.2, 0.25) is 5.91 Å². The molecule has 0 spiro atoms. The van der Waals surface area contributed by atoms with Crippen molar-refractivity contribution in [2.24, 2.45) is 5.92 Å². The van der Waals surface area contributed by atoms with Gasteiger partial charge in [-0.3, -0.25) is 10.1 Å². The maximum absolute atomic E-state index is 10.9. The van der Waals surface area contributed by atoms with Gasteiger partial charge in [0.25, 0.3) is 0 Å². The van der Waals surface area contributed by atoms with Crippen LogP contribution < -0.4 is 5.32 Å². The number of unbranched alkanes of at least 4 members (excludes halogenated alkanes) is 1. The van der Waals surface area contributed by atoms with Crippen LogP contribution >= 0.6 is 0 Å². The lowest BCUT2D eigenvalue weighted by Crippen LogP contribution is -2.28. The summed E-state index contributed by atoms with van der Waals surface area (Å²) in [6.45, 7) is 4.22. The van der Waals surface area contributed by atoms with Crippen molar-refractivity contribution in [3.8, 4) is 0 Å². The molecule has 0 rings (SSSR count). The molecular weight excluding hydrogens is 182 g/mol. The molecule has 2 amide bonds. The summed E-state index contributed by atoms with van der Waals surface area (Å²) in [5.41, 5.74) is 0. The number of carboxylic acid groups (broad SMARTS) is 1. The molecule has 0 aliphatic heterocycles. The lowest BCUT2D eigenvalue weighted by molar-refractivity contribution is -0.120. The van der Waals surface area contributed by atoms with Gasteiger partial charge in [-0.25, -0.2) is 4.79 Å². The van der Waals surface area contributed by atoms with E-state index in [1.165, 1.54) is 6.42 Å². The van der Waals surface area contributed by atoms with Crippen LogP contribution in [-0.2, 0) is 4.79 Å². The Morgan fingerprint density at radius 1 is 1.36 bits per heavy atom. The highest BCUT2D eigenvalue weighted by molar-refractivity contribution is 5.90. The Labute approximate surface area is 84.7 Å². The molecule has 0 fully saturated rings. The predicted octanol–water partition coefficient (Wildman–Crippen LogP) is 2.39. The van der Waals surface area contributed by atoms with Gasteiger partial charge in [0.1, 0.15) is 0 Å². The van der Waals surface area contributed by atoms with E-state index in [1.54, 1.807) is 0 Å². The Balaban J connectivity index is 3.50. The minimum Gasteiger partial charge on any atom is -0.465 e. The zero-order valence-corrected chi connectivity index (χ0v) is 8.88. The van der Waals surface area contributed by atoms with Gasteiger partial charge in [0, 0.05) is 6.42 Å². The maximum atomic E-state index is 10.9. The molecule has 82 valence electrons. The Bertz CT molecular complexity index is 192. The van der Waals surface area contributed by atoms with E-state index in [2.05, 4.69) is 13.8 Å². The van der Waals surface area contributed by atoms with Gasteiger partial charge >= 0.3 is 6.09 Å². The molecule has 0 bridgehead atoms. The largest absolute Gasteiger partial charge is 0.465 e. The molecule has 0 aromatic carbocycles. The number of hydrogen-bond acceptors (Lipinski definition) is 2. The van der Waals surface area contributed by atoms with Crippen molar-refractivity contribution in [3.63, 3.8) is 0 Å². The fourth-order valence-electron chi connectivity index (χ4n) is 1.26. The Hall–Kier alpha value is -1.06. The Kier molecular flexibility index (Phi) is 6.80. The van der Waals surface area contributed by atoms with E-state index in [0.29, 0.717) is 12.3 Å². The van der Waals surface area contributed by atoms with Gasteiger partial charge in [0.15, 0.2) is 0 Å². The van der Waals surface area contributed by atoms with Gasteiger partial charge in [-0.1, -0.05) is 33.1 Å². The molecule has 4 nitrogen and oxygen atoms in total. The third-order valence-corrected chi connectivity index (χ3v) is 2.16. The summed E-state index contributed by atoms with van der Waals surface area (Å²) in [6, 6.07) is 0. The normalized spacial score (nSPS) is 12.1. The van der Waals surface area contributed by atoms with Crippen LogP contribution in [0.1, 0.15) is 46.0 Å². The van der Waals surface area contributed by atoms with Gasteiger partial charge in [-0.15, -0.1) is 0 Å². The van der Waals surface area contributed by atoms with Gasteiger partial charge in [-0.2, -0.15) is 0 Å². The van der Waals surface area contributed by atoms with E-state index in [1.807, 2.05) is 5.32 Å². The first kappa shape index (κ1) is 12.9. The zero-order valence-electron chi connectivity index (χ0n) is 8.88. The molecule has 4 heteroatoms. The zero-order chi connectivity index (χ0) is 11.0. The molecule has 0 unspecified atom stereocenters. The smallest absolute Gasteiger partial charge is 0.411 e. The summed E-state index contributed by atoms with van der Waals surface area (Å²) in [6.07, 6.45) is 3.23. The summed E-state index contributed by atoms with van der Waals surface area (Å²) in [7, 11) is 0. The molecule has 0 aromatic rings. The van der Waals surface area contributed by atoms with Crippen LogP contribution in [0.3, 0.4) is 0 Å². The number of carbonyl (C=O) groups excluding carboxylic acids is 1.